The van der Waals surface area contributed by atoms with Crippen molar-refractivity contribution in [1.29, 1.82) is 0 Å². The quantitative estimate of drug-likeness (QED) is 0.912. The molecule has 2 atom stereocenters. The minimum Gasteiger partial charge on any atom is -0.493 e. The molecule has 0 aromatic heterocycles. The number of hydrogen-bond donors (Lipinski definition) is 1. The summed E-state index contributed by atoms with van der Waals surface area (Å²) in [4.78, 5) is 2.39. The van der Waals surface area contributed by atoms with Crippen molar-refractivity contribution in [2.24, 2.45) is 11.7 Å². The Labute approximate surface area is 125 Å². The third kappa shape index (κ3) is 3.00. The number of hydrogen-bond acceptors (Lipinski definition) is 3. The molecule has 2 heterocycles. The lowest BCUT2D eigenvalue weighted by Crippen LogP contribution is -2.28. The molecule has 0 amide bonds. The van der Waals surface area contributed by atoms with E-state index in [1.165, 1.54) is 11.1 Å². The summed E-state index contributed by atoms with van der Waals surface area (Å²) in [7, 11) is 0. The number of nitrogens with two attached hydrogens (primary N) is 1. The molecule has 3 rings (SSSR count). The summed E-state index contributed by atoms with van der Waals surface area (Å²) < 4.78 is 5.73. The van der Waals surface area contributed by atoms with Crippen molar-refractivity contribution in [2.45, 2.75) is 25.9 Å². The van der Waals surface area contributed by atoms with Gasteiger partial charge in [0.2, 0.25) is 0 Å². The summed E-state index contributed by atoms with van der Waals surface area (Å²) in [6.45, 7) is 5.90. The molecule has 0 spiro atoms. The highest BCUT2D eigenvalue weighted by atomic mass is 35.5. The van der Waals surface area contributed by atoms with Crippen LogP contribution in [0.5, 0.6) is 5.75 Å². The average molecular weight is 303 g/mol. The zero-order valence-corrected chi connectivity index (χ0v) is 12.6. The van der Waals surface area contributed by atoms with Crippen molar-refractivity contribution in [2.75, 3.05) is 19.7 Å². The van der Waals surface area contributed by atoms with E-state index >= 15 is 0 Å². The van der Waals surface area contributed by atoms with Crippen molar-refractivity contribution in [3.05, 3.63) is 28.3 Å². The number of rotatable bonds is 2. The third-order valence-corrected chi connectivity index (χ3v) is 4.18. The van der Waals surface area contributed by atoms with Gasteiger partial charge in [0.25, 0.3) is 0 Å². The Morgan fingerprint density at radius 2 is 2.21 bits per heavy atom. The molecule has 3 nitrogen and oxygen atoms in total. The van der Waals surface area contributed by atoms with Crippen LogP contribution in [-0.2, 0) is 13.0 Å². The molecule has 0 radical (unpaired) electrons. The number of halogens is 2. The van der Waals surface area contributed by atoms with Crippen molar-refractivity contribution in [3.8, 4) is 5.75 Å². The highest BCUT2D eigenvalue weighted by molar-refractivity contribution is 6.30. The van der Waals surface area contributed by atoms with Gasteiger partial charge < -0.3 is 10.5 Å². The molecule has 2 aliphatic rings. The molecule has 106 valence electrons. The molecule has 5 heteroatoms. The van der Waals surface area contributed by atoms with Gasteiger partial charge in [0.15, 0.2) is 0 Å². The topological polar surface area (TPSA) is 38.5 Å². The lowest BCUT2D eigenvalue weighted by molar-refractivity contribution is 0.304. The van der Waals surface area contributed by atoms with Crippen LogP contribution >= 0.6 is 24.0 Å². The standard InChI is InChI=1S/C14H19ClN2O.ClH/c1-9-6-17(8-13(9)16)7-11-5-12(15)4-10-2-3-18-14(10)11;/h4-5,9,13H,2-3,6-8,16H2,1H3;1H. The van der Waals surface area contributed by atoms with Gasteiger partial charge in [-0.05, 0) is 23.6 Å². The largest absolute Gasteiger partial charge is 0.493 e. The molecule has 19 heavy (non-hydrogen) atoms. The zero-order chi connectivity index (χ0) is 12.7. The van der Waals surface area contributed by atoms with E-state index in [-0.39, 0.29) is 18.4 Å². The van der Waals surface area contributed by atoms with Crippen LogP contribution in [0.25, 0.3) is 0 Å². The van der Waals surface area contributed by atoms with E-state index in [2.05, 4.69) is 11.8 Å². The zero-order valence-electron chi connectivity index (χ0n) is 11.1. The van der Waals surface area contributed by atoms with Gasteiger partial charge in [0, 0.05) is 42.7 Å². The molecule has 1 saturated heterocycles. The van der Waals surface area contributed by atoms with Crippen LogP contribution in [0.1, 0.15) is 18.1 Å². The minimum atomic E-state index is 0. The van der Waals surface area contributed by atoms with Crippen LogP contribution in [0.2, 0.25) is 5.02 Å². The fourth-order valence-electron chi connectivity index (χ4n) is 2.93. The molecule has 1 aromatic carbocycles. The van der Waals surface area contributed by atoms with Gasteiger partial charge >= 0.3 is 0 Å². The summed E-state index contributed by atoms with van der Waals surface area (Å²) in [5.74, 6) is 1.62. The smallest absolute Gasteiger partial charge is 0.127 e. The van der Waals surface area contributed by atoms with Crippen LogP contribution in [0.15, 0.2) is 12.1 Å². The summed E-state index contributed by atoms with van der Waals surface area (Å²) in [6, 6.07) is 4.34. The summed E-state index contributed by atoms with van der Waals surface area (Å²) in [6.07, 6.45) is 0.971. The molecule has 2 aliphatic heterocycles. The summed E-state index contributed by atoms with van der Waals surface area (Å²) in [5.41, 5.74) is 8.52. The van der Waals surface area contributed by atoms with Gasteiger partial charge in [-0.2, -0.15) is 0 Å². The monoisotopic (exact) mass is 302 g/mol. The van der Waals surface area contributed by atoms with Crippen molar-refractivity contribution >= 4 is 24.0 Å². The maximum Gasteiger partial charge on any atom is 0.127 e. The average Bonchev–Trinajstić information content (AvgIpc) is 2.86. The Bertz CT molecular complexity index is 457. The lowest BCUT2D eigenvalue weighted by Gasteiger charge is -2.17. The van der Waals surface area contributed by atoms with E-state index in [9.17, 15) is 0 Å². The fourth-order valence-corrected chi connectivity index (χ4v) is 3.19. The highest BCUT2D eigenvalue weighted by Crippen LogP contribution is 2.34. The van der Waals surface area contributed by atoms with Gasteiger partial charge in [-0.1, -0.05) is 18.5 Å². The van der Waals surface area contributed by atoms with Gasteiger partial charge in [0.05, 0.1) is 6.61 Å². The third-order valence-electron chi connectivity index (χ3n) is 3.97. The molecule has 0 aliphatic carbocycles. The van der Waals surface area contributed by atoms with E-state index in [4.69, 9.17) is 22.1 Å². The van der Waals surface area contributed by atoms with E-state index in [1.54, 1.807) is 0 Å². The summed E-state index contributed by atoms with van der Waals surface area (Å²) >= 11 is 6.17. The highest BCUT2D eigenvalue weighted by Gasteiger charge is 2.28. The Morgan fingerprint density at radius 3 is 2.89 bits per heavy atom. The van der Waals surface area contributed by atoms with Crippen LogP contribution in [0, 0.1) is 5.92 Å². The van der Waals surface area contributed by atoms with Crippen LogP contribution < -0.4 is 10.5 Å². The van der Waals surface area contributed by atoms with E-state index in [0.29, 0.717) is 5.92 Å². The Kier molecular flexibility index (Phi) is 4.62. The second-order valence-corrected chi connectivity index (χ2v) is 5.92. The molecular weight excluding hydrogens is 283 g/mol. The number of ether oxygens (including phenoxy) is 1. The first kappa shape index (κ1) is 14.9. The second-order valence-electron chi connectivity index (χ2n) is 5.49. The van der Waals surface area contributed by atoms with Gasteiger partial charge in [-0.15, -0.1) is 12.4 Å². The number of benzene rings is 1. The van der Waals surface area contributed by atoms with Gasteiger partial charge in [-0.25, -0.2) is 0 Å². The first-order valence-electron chi connectivity index (χ1n) is 6.55. The molecule has 2 N–H and O–H groups in total. The maximum atomic E-state index is 6.17. The van der Waals surface area contributed by atoms with Crippen LogP contribution in [0.4, 0.5) is 0 Å². The van der Waals surface area contributed by atoms with E-state index in [1.807, 2.05) is 12.1 Å². The SMILES string of the molecule is CC1CN(Cc2cc(Cl)cc3c2OCC3)CC1N.Cl. The van der Waals surface area contributed by atoms with Gasteiger partial charge in [-0.3, -0.25) is 4.90 Å². The predicted molar refractivity (Wildman–Crippen MR) is 80.3 cm³/mol. The first-order chi connectivity index (χ1) is 8.63. The van der Waals surface area contributed by atoms with Crippen molar-refractivity contribution in [3.63, 3.8) is 0 Å². The molecule has 0 bridgehead atoms. The van der Waals surface area contributed by atoms with Crippen LogP contribution in [0.3, 0.4) is 0 Å². The van der Waals surface area contributed by atoms with Gasteiger partial charge in [0.1, 0.15) is 5.75 Å². The van der Waals surface area contributed by atoms with Crippen molar-refractivity contribution in [1.82, 2.24) is 4.90 Å². The van der Waals surface area contributed by atoms with E-state index in [0.717, 1.165) is 43.4 Å². The predicted octanol–water partition coefficient (Wildman–Crippen LogP) is 2.48. The van der Waals surface area contributed by atoms with Crippen LogP contribution in [-0.4, -0.2) is 30.6 Å². The number of likely N-dealkylation sites (tertiary alicyclic amines) is 1. The molecule has 1 fully saturated rings. The summed E-state index contributed by atoms with van der Waals surface area (Å²) in [5, 5.41) is 0.811. The Balaban J connectivity index is 0.00000133. The first-order valence-corrected chi connectivity index (χ1v) is 6.93. The Hall–Kier alpha value is -0.480. The molecule has 1 aromatic rings. The molecule has 2 unspecified atom stereocenters. The minimum absolute atomic E-state index is 0. The fraction of sp³-hybridized carbons (Fsp3) is 0.571. The number of nitrogens with zero attached hydrogens (tertiary/aromatic N) is 1. The van der Waals surface area contributed by atoms with E-state index < -0.39 is 0 Å². The number of fused-ring (bicyclic) bond motifs is 1. The maximum absolute atomic E-state index is 6.17. The lowest BCUT2D eigenvalue weighted by atomic mass is 10.1. The molecule has 0 saturated carbocycles. The Morgan fingerprint density at radius 1 is 1.42 bits per heavy atom. The van der Waals surface area contributed by atoms with Crippen molar-refractivity contribution < 1.29 is 4.74 Å². The molecular formula is C14H20Cl2N2O. The second kappa shape index (κ2) is 5.88. The normalized spacial score (nSPS) is 25.8.